The van der Waals surface area contributed by atoms with Crippen LogP contribution in [0.25, 0.3) is 19.2 Å². The number of nitrogens with one attached hydrogen (secondary N) is 1. The average Bonchev–Trinajstić information content (AvgIpc) is 3.70. The third-order valence-electron chi connectivity index (χ3n) is 6.60. The number of benzene rings is 1. The summed E-state index contributed by atoms with van der Waals surface area (Å²) in [7, 11) is 0. The largest absolute Gasteiger partial charge is 0.481 e. The number of carboxylic acid groups (broad SMARTS) is 1. The second-order valence-corrected chi connectivity index (χ2v) is 12.4. The Kier molecular flexibility index (Phi) is 5.63. The van der Waals surface area contributed by atoms with Gasteiger partial charge in [-0.15, -0.1) is 22.7 Å². The molecule has 1 atom stereocenters. The number of hydrogen-bond donors (Lipinski definition) is 2. The van der Waals surface area contributed by atoms with Crippen LogP contribution in [0.15, 0.2) is 36.4 Å². The molecule has 10 heteroatoms. The second kappa shape index (κ2) is 8.58. The number of aliphatic carboxylic acids is 1. The van der Waals surface area contributed by atoms with Gasteiger partial charge in [-0.2, -0.15) is 4.37 Å². The van der Waals surface area contributed by atoms with Gasteiger partial charge in [0.15, 0.2) is 0 Å². The van der Waals surface area contributed by atoms with Crippen LogP contribution in [0.1, 0.15) is 60.8 Å². The highest BCUT2D eigenvalue weighted by Crippen LogP contribution is 2.54. The van der Waals surface area contributed by atoms with E-state index in [2.05, 4.69) is 15.8 Å². The van der Waals surface area contributed by atoms with E-state index in [1.165, 1.54) is 11.5 Å². The standard InChI is InChI=1S/C25H21ClN2O4S3/c1-12(14-4-2-3-5-15(14)26)32-24(31)27-21-20(13-6-7-13)28-35-22(21)18-10-16-17(33-18)11-19(34-16)25(8-9-25)23(29)30/h2-5,10-13H,6-9H2,1H3,(H,27,31)(H,29,30). The van der Waals surface area contributed by atoms with Crippen molar-refractivity contribution in [3.05, 3.63) is 57.6 Å². The lowest BCUT2D eigenvalue weighted by atomic mass is 10.1. The number of aromatic nitrogens is 1. The lowest BCUT2D eigenvalue weighted by Crippen LogP contribution is -2.17. The number of amides is 1. The van der Waals surface area contributed by atoms with Crippen molar-refractivity contribution in [2.75, 3.05) is 5.32 Å². The molecule has 0 bridgehead atoms. The smallest absolute Gasteiger partial charge is 0.412 e. The molecule has 35 heavy (non-hydrogen) atoms. The van der Waals surface area contributed by atoms with Gasteiger partial charge in [0.05, 0.1) is 21.1 Å². The van der Waals surface area contributed by atoms with E-state index < -0.39 is 23.6 Å². The summed E-state index contributed by atoms with van der Waals surface area (Å²) in [6, 6.07) is 11.4. The molecule has 2 fully saturated rings. The number of rotatable bonds is 7. The summed E-state index contributed by atoms with van der Waals surface area (Å²) >= 11 is 10.8. The molecule has 1 aromatic carbocycles. The molecule has 3 aromatic heterocycles. The van der Waals surface area contributed by atoms with Crippen molar-refractivity contribution in [2.45, 2.75) is 50.0 Å². The molecule has 3 heterocycles. The Morgan fingerprint density at radius 3 is 2.60 bits per heavy atom. The maximum atomic E-state index is 12.9. The normalized spacial score (nSPS) is 17.3. The lowest BCUT2D eigenvalue weighted by Gasteiger charge is -2.16. The Morgan fingerprint density at radius 2 is 1.94 bits per heavy atom. The molecule has 2 N–H and O–H groups in total. The van der Waals surface area contributed by atoms with Crippen LogP contribution in [0.4, 0.5) is 10.5 Å². The van der Waals surface area contributed by atoms with Crippen LogP contribution >= 0.6 is 45.8 Å². The zero-order valence-electron chi connectivity index (χ0n) is 18.7. The molecule has 6 rings (SSSR count). The molecule has 2 aliphatic rings. The summed E-state index contributed by atoms with van der Waals surface area (Å²) in [6.07, 6.45) is 2.47. The Balaban J connectivity index is 1.27. The monoisotopic (exact) mass is 544 g/mol. The van der Waals surface area contributed by atoms with E-state index >= 15 is 0 Å². The maximum absolute atomic E-state index is 12.9. The van der Waals surface area contributed by atoms with Gasteiger partial charge in [0, 0.05) is 30.8 Å². The Labute approximate surface area is 218 Å². The molecule has 2 aliphatic carbocycles. The summed E-state index contributed by atoms with van der Waals surface area (Å²) in [4.78, 5) is 27.4. The van der Waals surface area contributed by atoms with Gasteiger partial charge in [-0.05, 0) is 62.3 Å². The Bertz CT molecular complexity index is 1430. The van der Waals surface area contributed by atoms with Gasteiger partial charge in [0.25, 0.3) is 0 Å². The molecule has 1 amide bonds. The maximum Gasteiger partial charge on any atom is 0.412 e. The number of halogens is 1. The van der Waals surface area contributed by atoms with Gasteiger partial charge in [0.2, 0.25) is 0 Å². The van der Waals surface area contributed by atoms with Crippen molar-refractivity contribution < 1.29 is 19.4 Å². The first-order valence-electron chi connectivity index (χ1n) is 11.3. The third kappa shape index (κ3) is 4.14. The number of carbonyl (C=O) groups is 2. The molecule has 1 unspecified atom stereocenters. The molecule has 0 aliphatic heterocycles. The van der Waals surface area contributed by atoms with Crippen LogP contribution in [-0.2, 0) is 14.9 Å². The Hall–Kier alpha value is -2.46. The van der Waals surface area contributed by atoms with Crippen molar-refractivity contribution >= 4 is 73.0 Å². The first kappa shape index (κ1) is 23.0. The number of thiophene rings is 2. The lowest BCUT2D eigenvalue weighted by molar-refractivity contribution is -0.139. The summed E-state index contributed by atoms with van der Waals surface area (Å²) < 4.78 is 12.5. The van der Waals surface area contributed by atoms with Gasteiger partial charge < -0.3 is 9.84 Å². The number of fused-ring (bicyclic) bond motifs is 1. The molecular weight excluding hydrogens is 524 g/mol. The van der Waals surface area contributed by atoms with Crippen LogP contribution in [0.3, 0.4) is 0 Å². The van der Waals surface area contributed by atoms with Crippen molar-refractivity contribution in [1.29, 1.82) is 0 Å². The van der Waals surface area contributed by atoms with Crippen molar-refractivity contribution in [2.24, 2.45) is 0 Å². The van der Waals surface area contributed by atoms with E-state index in [1.807, 2.05) is 24.3 Å². The van der Waals surface area contributed by atoms with Crippen molar-refractivity contribution in [1.82, 2.24) is 4.37 Å². The number of carboxylic acids is 1. The number of nitrogens with zero attached hydrogens (tertiary/aromatic N) is 1. The zero-order valence-corrected chi connectivity index (χ0v) is 21.9. The summed E-state index contributed by atoms with van der Waals surface area (Å²) in [5.74, 6) is -0.381. The fraction of sp³-hybridized carbons (Fsp3) is 0.320. The minimum Gasteiger partial charge on any atom is -0.481 e. The third-order valence-corrected chi connectivity index (χ3v) is 10.5. The second-order valence-electron chi connectivity index (χ2n) is 9.08. The fourth-order valence-electron chi connectivity index (χ4n) is 4.26. The van der Waals surface area contributed by atoms with Crippen LogP contribution in [-0.4, -0.2) is 21.5 Å². The molecule has 0 radical (unpaired) electrons. The van der Waals surface area contributed by atoms with Gasteiger partial charge >= 0.3 is 12.1 Å². The number of carbonyl (C=O) groups excluding carboxylic acids is 1. The minimum absolute atomic E-state index is 0.356. The average molecular weight is 545 g/mol. The highest BCUT2D eigenvalue weighted by molar-refractivity contribution is 7.31. The van der Waals surface area contributed by atoms with Crippen molar-refractivity contribution in [3.63, 3.8) is 0 Å². The van der Waals surface area contributed by atoms with Crippen LogP contribution < -0.4 is 5.32 Å². The van der Waals surface area contributed by atoms with Gasteiger partial charge in [-0.25, -0.2) is 4.79 Å². The quantitative estimate of drug-likeness (QED) is 0.246. The van der Waals surface area contributed by atoms with E-state index in [9.17, 15) is 14.7 Å². The molecule has 2 saturated carbocycles. The van der Waals surface area contributed by atoms with E-state index in [4.69, 9.17) is 16.3 Å². The first-order chi connectivity index (χ1) is 16.9. The highest BCUT2D eigenvalue weighted by Gasteiger charge is 2.53. The van der Waals surface area contributed by atoms with Crippen molar-refractivity contribution in [3.8, 4) is 9.75 Å². The predicted octanol–water partition coefficient (Wildman–Crippen LogP) is 8.04. The van der Waals surface area contributed by atoms with Crippen LogP contribution in [0.2, 0.25) is 5.02 Å². The van der Waals surface area contributed by atoms with E-state index in [0.717, 1.165) is 48.1 Å². The fourth-order valence-corrected chi connectivity index (χ4v) is 8.19. The van der Waals surface area contributed by atoms with Gasteiger partial charge in [-0.1, -0.05) is 29.8 Å². The van der Waals surface area contributed by atoms with Crippen LogP contribution in [0, 0.1) is 0 Å². The zero-order chi connectivity index (χ0) is 24.3. The SMILES string of the molecule is CC(OC(=O)Nc1c(C2CC2)nsc1-c1cc2sc(C3(C(=O)O)CC3)cc2s1)c1ccccc1Cl. The van der Waals surface area contributed by atoms with E-state index in [-0.39, 0.29) is 0 Å². The molecule has 6 nitrogen and oxygen atoms in total. The van der Waals surface area contributed by atoms with E-state index in [0.29, 0.717) is 29.5 Å². The molecule has 0 spiro atoms. The number of anilines is 1. The first-order valence-corrected chi connectivity index (χ1v) is 14.1. The summed E-state index contributed by atoms with van der Waals surface area (Å²) in [6.45, 7) is 1.80. The summed E-state index contributed by atoms with van der Waals surface area (Å²) in [5.41, 5.74) is 1.68. The van der Waals surface area contributed by atoms with E-state index in [1.54, 1.807) is 35.7 Å². The van der Waals surface area contributed by atoms with Gasteiger partial charge in [-0.3, -0.25) is 10.1 Å². The molecule has 180 valence electrons. The Morgan fingerprint density at radius 1 is 1.20 bits per heavy atom. The number of hydrogen-bond acceptors (Lipinski definition) is 7. The minimum atomic E-state index is -0.737. The van der Waals surface area contributed by atoms with Gasteiger partial charge in [0.1, 0.15) is 11.5 Å². The predicted molar refractivity (Wildman–Crippen MR) is 141 cm³/mol. The molecule has 0 saturated heterocycles. The number of ether oxygens (including phenoxy) is 1. The molecular formula is C25H21ClN2O4S3. The highest BCUT2D eigenvalue weighted by atomic mass is 35.5. The van der Waals surface area contributed by atoms with Crippen LogP contribution in [0.5, 0.6) is 0 Å². The summed E-state index contributed by atoms with van der Waals surface area (Å²) in [5, 5.41) is 13.2. The molecule has 4 aromatic rings. The topological polar surface area (TPSA) is 88.5 Å².